The van der Waals surface area contributed by atoms with Crippen molar-refractivity contribution in [3.05, 3.63) is 48.0 Å². The smallest absolute Gasteiger partial charge is 0.191 e. The van der Waals surface area contributed by atoms with Gasteiger partial charge in [0.05, 0.1) is 6.54 Å². The molecule has 1 aromatic carbocycles. The number of thioether (sulfide) groups is 1. The van der Waals surface area contributed by atoms with Crippen LogP contribution < -0.4 is 10.6 Å². The number of halogens is 1. The molecule has 0 aliphatic heterocycles. The molecule has 0 fully saturated rings. The second-order valence-corrected chi connectivity index (χ2v) is 5.62. The molecular weight excluding hydrogens is 393 g/mol. The first kappa shape index (κ1) is 20.3. The second-order valence-electron chi connectivity index (χ2n) is 4.47. The molecule has 5 heteroatoms. The summed E-state index contributed by atoms with van der Waals surface area (Å²) in [6.07, 6.45) is 1.93. The molecule has 3 nitrogen and oxygen atoms in total. The summed E-state index contributed by atoms with van der Waals surface area (Å²) in [7, 11) is 0. The molecular formula is C16H26IN3S. The molecule has 1 aromatic rings. The number of benzene rings is 1. The maximum atomic E-state index is 4.60. The molecule has 0 saturated heterocycles. The second kappa shape index (κ2) is 13.0. The van der Waals surface area contributed by atoms with Gasteiger partial charge in [-0.3, -0.25) is 0 Å². The third-order valence-electron chi connectivity index (χ3n) is 2.66. The van der Waals surface area contributed by atoms with Gasteiger partial charge in [0, 0.05) is 24.6 Å². The molecule has 0 atom stereocenters. The van der Waals surface area contributed by atoms with E-state index < -0.39 is 0 Å². The van der Waals surface area contributed by atoms with Crippen LogP contribution in [0.1, 0.15) is 18.1 Å². The molecule has 0 spiro atoms. The summed E-state index contributed by atoms with van der Waals surface area (Å²) in [4.78, 5) is 4.60. The lowest BCUT2D eigenvalue weighted by Crippen LogP contribution is -2.38. The van der Waals surface area contributed by atoms with E-state index in [1.165, 1.54) is 11.1 Å². The molecule has 0 radical (unpaired) electrons. The lowest BCUT2D eigenvalue weighted by molar-refractivity contribution is 0.843. The van der Waals surface area contributed by atoms with Crippen LogP contribution in [0, 0.1) is 6.92 Å². The van der Waals surface area contributed by atoms with Crippen LogP contribution >= 0.6 is 35.7 Å². The zero-order valence-electron chi connectivity index (χ0n) is 12.9. The normalized spacial score (nSPS) is 10.7. The van der Waals surface area contributed by atoms with Crippen LogP contribution in [0.2, 0.25) is 0 Å². The number of nitrogens with zero attached hydrogens (tertiary/aromatic N) is 1. The van der Waals surface area contributed by atoms with E-state index in [9.17, 15) is 0 Å². The average Bonchev–Trinajstić information content (AvgIpc) is 2.46. The number of nitrogens with one attached hydrogen (secondary N) is 2. The third-order valence-corrected chi connectivity index (χ3v) is 3.62. The lowest BCUT2D eigenvalue weighted by Gasteiger charge is -2.11. The van der Waals surface area contributed by atoms with Gasteiger partial charge in [0.15, 0.2) is 5.96 Å². The van der Waals surface area contributed by atoms with Gasteiger partial charge in [-0.05, 0) is 19.4 Å². The van der Waals surface area contributed by atoms with Gasteiger partial charge < -0.3 is 10.6 Å². The fourth-order valence-corrected chi connectivity index (χ4v) is 2.19. The molecule has 21 heavy (non-hydrogen) atoms. The molecule has 0 aliphatic carbocycles. The van der Waals surface area contributed by atoms with Crippen molar-refractivity contribution in [3.8, 4) is 0 Å². The molecule has 0 saturated carbocycles. The first-order valence-electron chi connectivity index (χ1n) is 7.02. The van der Waals surface area contributed by atoms with E-state index in [2.05, 4.69) is 60.3 Å². The summed E-state index contributed by atoms with van der Waals surface area (Å²) in [6, 6.07) is 8.50. The standard InChI is InChI=1S/C16H25N3S.HI/c1-4-11-20-12-10-18-16(17-5-2)19-13-15-8-6-14(3)7-9-15;/h4,6-9H,1,5,10-13H2,2-3H3,(H2,17,18,19);1H. The highest BCUT2D eigenvalue weighted by atomic mass is 127. The van der Waals surface area contributed by atoms with Gasteiger partial charge in [-0.25, -0.2) is 4.99 Å². The van der Waals surface area contributed by atoms with Crippen LogP contribution in [0.3, 0.4) is 0 Å². The monoisotopic (exact) mass is 419 g/mol. The SMILES string of the molecule is C=CCSCCNC(=NCc1ccc(C)cc1)NCC.I. The van der Waals surface area contributed by atoms with Crippen molar-refractivity contribution in [2.24, 2.45) is 4.99 Å². The van der Waals surface area contributed by atoms with Crippen molar-refractivity contribution in [2.45, 2.75) is 20.4 Å². The highest BCUT2D eigenvalue weighted by Gasteiger charge is 1.97. The first-order valence-corrected chi connectivity index (χ1v) is 8.18. The Bertz CT molecular complexity index is 418. The Morgan fingerprint density at radius 3 is 2.62 bits per heavy atom. The third kappa shape index (κ3) is 9.79. The molecule has 0 bridgehead atoms. The zero-order chi connectivity index (χ0) is 14.6. The molecule has 0 aliphatic rings. The first-order chi connectivity index (χ1) is 9.76. The predicted octanol–water partition coefficient (Wildman–Crippen LogP) is 3.59. The number of rotatable bonds is 8. The van der Waals surface area contributed by atoms with Gasteiger partial charge in [0.2, 0.25) is 0 Å². The number of aliphatic imine (C=N–C) groups is 1. The maximum absolute atomic E-state index is 4.60. The van der Waals surface area contributed by atoms with Crippen molar-refractivity contribution in [2.75, 3.05) is 24.6 Å². The summed E-state index contributed by atoms with van der Waals surface area (Å²) >= 11 is 1.87. The molecule has 0 unspecified atom stereocenters. The van der Waals surface area contributed by atoms with E-state index in [4.69, 9.17) is 0 Å². The van der Waals surface area contributed by atoms with Crippen LogP contribution in [0.5, 0.6) is 0 Å². The summed E-state index contributed by atoms with van der Waals surface area (Å²) < 4.78 is 0. The van der Waals surface area contributed by atoms with Crippen molar-refractivity contribution in [1.82, 2.24) is 10.6 Å². The van der Waals surface area contributed by atoms with Gasteiger partial charge in [0.25, 0.3) is 0 Å². The van der Waals surface area contributed by atoms with Gasteiger partial charge in [-0.1, -0.05) is 35.9 Å². The molecule has 0 aromatic heterocycles. The highest BCUT2D eigenvalue weighted by molar-refractivity contribution is 14.0. The average molecular weight is 419 g/mol. The minimum absolute atomic E-state index is 0. The van der Waals surface area contributed by atoms with Crippen LogP contribution in [0.15, 0.2) is 41.9 Å². The van der Waals surface area contributed by atoms with Crippen LogP contribution in [-0.2, 0) is 6.54 Å². The Morgan fingerprint density at radius 1 is 1.29 bits per heavy atom. The van der Waals surface area contributed by atoms with E-state index in [0.717, 1.165) is 30.6 Å². The summed E-state index contributed by atoms with van der Waals surface area (Å²) in [5.74, 6) is 2.94. The Balaban J connectivity index is 0.00000400. The van der Waals surface area contributed by atoms with Crippen LogP contribution in [0.4, 0.5) is 0 Å². The van der Waals surface area contributed by atoms with Crippen molar-refractivity contribution in [1.29, 1.82) is 0 Å². The predicted molar refractivity (Wildman–Crippen MR) is 107 cm³/mol. The van der Waals surface area contributed by atoms with Gasteiger partial charge in [0.1, 0.15) is 0 Å². The summed E-state index contributed by atoms with van der Waals surface area (Å²) in [5, 5.41) is 6.61. The molecule has 0 amide bonds. The van der Waals surface area contributed by atoms with E-state index in [1.807, 2.05) is 17.8 Å². The Labute approximate surface area is 150 Å². The fourth-order valence-electron chi connectivity index (χ4n) is 1.61. The van der Waals surface area contributed by atoms with Crippen molar-refractivity contribution in [3.63, 3.8) is 0 Å². The summed E-state index contributed by atoms with van der Waals surface area (Å²) in [5.41, 5.74) is 2.51. The molecule has 1 rings (SSSR count). The minimum atomic E-state index is 0. The van der Waals surface area contributed by atoms with E-state index in [0.29, 0.717) is 6.54 Å². The number of hydrogen-bond acceptors (Lipinski definition) is 2. The Hall–Kier alpha value is -0.690. The quantitative estimate of drug-likeness (QED) is 0.222. The maximum Gasteiger partial charge on any atom is 0.191 e. The Kier molecular flexibility index (Phi) is 12.6. The zero-order valence-corrected chi connectivity index (χ0v) is 16.0. The highest BCUT2D eigenvalue weighted by Crippen LogP contribution is 2.04. The number of guanidine groups is 1. The molecule has 0 heterocycles. The Morgan fingerprint density at radius 2 is 2.00 bits per heavy atom. The number of aryl methyl sites for hydroxylation is 1. The number of hydrogen-bond donors (Lipinski definition) is 2. The van der Waals surface area contributed by atoms with Gasteiger partial charge in [-0.15, -0.1) is 30.6 Å². The van der Waals surface area contributed by atoms with E-state index in [1.54, 1.807) is 0 Å². The fraction of sp³-hybridized carbons (Fsp3) is 0.438. The lowest BCUT2D eigenvalue weighted by atomic mass is 10.1. The molecule has 118 valence electrons. The van der Waals surface area contributed by atoms with Crippen molar-refractivity contribution >= 4 is 41.7 Å². The van der Waals surface area contributed by atoms with E-state index in [-0.39, 0.29) is 24.0 Å². The summed E-state index contributed by atoms with van der Waals surface area (Å²) in [6.45, 7) is 10.4. The van der Waals surface area contributed by atoms with Crippen LogP contribution in [0.25, 0.3) is 0 Å². The van der Waals surface area contributed by atoms with E-state index >= 15 is 0 Å². The van der Waals surface area contributed by atoms with Gasteiger partial charge in [-0.2, -0.15) is 11.8 Å². The van der Waals surface area contributed by atoms with Crippen molar-refractivity contribution < 1.29 is 0 Å². The minimum Gasteiger partial charge on any atom is -0.357 e. The molecule has 2 N–H and O–H groups in total. The largest absolute Gasteiger partial charge is 0.357 e. The van der Waals surface area contributed by atoms with Crippen LogP contribution in [-0.4, -0.2) is 30.6 Å². The topological polar surface area (TPSA) is 36.4 Å². The van der Waals surface area contributed by atoms with Gasteiger partial charge >= 0.3 is 0 Å².